The minimum absolute atomic E-state index is 0.660. The molecule has 0 aromatic rings. The number of esters is 7. The van der Waals surface area contributed by atoms with Gasteiger partial charge in [0.05, 0.1) is 0 Å². The van der Waals surface area contributed by atoms with Crippen LogP contribution in [0, 0.1) is 0 Å². The number of amides is 1. The van der Waals surface area contributed by atoms with Crippen LogP contribution in [0.3, 0.4) is 0 Å². The highest BCUT2D eigenvalue weighted by Crippen LogP contribution is 2.36. The number of ether oxygens (including phenoxy) is 10. The van der Waals surface area contributed by atoms with Crippen LogP contribution in [0.25, 0.3) is 0 Å². The fraction of sp³-hybridized carbons (Fsp3) is 0.714. The third-order valence-corrected chi connectivity index (χ3v) is 8.36. The topological polar surface area (TPSA) is 289 Å². The van der Waals surface area contributed by atoms with Gasteiger partial charge in [0.15, 0.2) is 52.1 Å². The summed E-state index contributed by atoms with van der Waals surface area (Å²) in [6.07, 6.45) is -16.3. The Morgan fingerprint density at radius 1 is 0.520 bits per heavy atom. The van der Waals surface area contributed by atoms with E-state index in [0.717, 1.165) is 48.5 Å². The zero-order valence-electron chi connectivity index (χ0n) is 28.0. The van der Waals surface area contributed by atoms with Gasteiger partial charge in [-0.1, -0.05) is 0 Å². The maximum Gasteiger partial charge on any atom is 0.303 e. The molecule has 0 bridgehead atoms. The minimum atomic E-state index is -4.78. The van der Waals surface area contributed by atoms with Crippen molar-refractivity contribution in [3.8, 4) is 0 Å². The van der Waals surface area contributed by atoms with Crippen molar-refractivity contribution in [2.75, 3.05) is 19.0 Å². The number of nitrogens with two attached hydrogens (primary N) is 1. The number of carbonyl (C=O) groups is 8. The first-order chi connectivity index (χ1) is 23.1. The van der Waals surface area contributed by atoms with Crippen molar-refractivity contribution in [1.82, 2.24) is 0 Å². The smallest absolute Gasteiger partial charge is 0.303 e. The summed E-state index contributed by atoms with van der Waals surface area (Å²) in [6.45, 7) is 5.26. The summed E-state index contributed by atoms with van der Waals surface area (Å²) in [5.41, 5.74) is 2.85. The van der Waals surface area contributed by atoms with E-state index >= 15 is 0 Å². The summed E-state index contributed by atoms with van der Waals surface area (Å²) < 4.78 is 81.1. The fourth-order valence-corrected chi connectivity index (χ4v) is 6.53. The van der Waals surface area contributed by atoms with E-state index in [1.807, 2.05) is 0 Å². The summed E-state index contributed by atoms with van der Waals surface area (Å²) in [7, 11) is -4.78. The van der Waals surface area contributed by atoms with E-state index in [9.17, 15) is 46.8 Å². The monoisotopic (exact) mass is 741 g/mol. The van der Waals surface area contributed by atoms with Crippen molar-refractivity contribution >= 4 is 57.5 Å². The summed E-state index contributed by atoms with van der Waals surface area (Å²) >= 11 is 0. The summed E-state index contributed by atoms with van der Waals surface area (Å²) in [6, 6.07) is 0. The van der Waals surface area contributed by atoms with Crippen molar-refractivity contribution in [3.05, 3.63) is 0 Å². The molecule has 0 aromatic carbocycles. The predicted octanol–water partition coefficient (Wildman–Crippen LogP) is -2.49. The van der Waals surface area contributed by atoms with E-state index < -0.39 is 137 Å². The van der Waals surface area contributed by atoms with Crippen molar-refractivity contribution in [2.24, 2.45) is 5.73 Å². The Labute approximate surface area is 285 Å². The van der Waals surface area contributed by atoms with E-state index in [1.54, 1.807) is 0 Å². The van der Waals surface area contributed by atoms with E-state index in [4.69, 9.17) is 53.1 Å². The molecule has 0 unspecified atom stereocenters. The average molecular weight is 742 g/mol. The van der Waals surface area contributed by atoms with E-state index in [-0.39, 0.29) is 0 Å². The number of sulfone groups is 1. The van der Waals surface area contributed by atoms with Crippen LogP contribution in [0.4, 0.5) is 0 Å². The molecule has 10 atom stereocenters. The number of hydrogen-bond acceptors (Lipinski definition) is 20. The molecular formula is C28H39NO20S. The molecule has 2 aliphatic heterocycles. The third-order valence-electron chi connectivity index (χ3n) is 6.58. The molecule has 2 N–H and O–H groups in total. The second-order valence-corrected chi connectivity index (χ2v) is 13.0. The van der Waals surface area contributed by atoms with E-state index in [2.05, 4.69) is 0 Å². The summed E-state index contributed by atoms with van der Waals surface area (Å²) in [4.78, 5) is 96.4. The Morgan fingerprint density at radius 2 is 0.900 bits per heavy atom. The number of primary amides is 1. The Balaban J connectivity index is 2.82. The molecule has 2 rings (SSSR count). The molecule has 2 aliphatic rings. The summed E-state index contributed by atoms with van der Waals surface area (Å²) in [5.74, 6) is -9.46. The Morgan fingerprint density at radius 3 is 1.32 bits per heavy atom. The first-order valence-electron chi connectivity index (χ1n) is 14.7. The maximum atomic E-state index is 13.3. The zero-order valence-corrected chi connectivity index (χ0v) is 28.9. The lowest BCUT2D eigenvalue weighted by atomic mass is 9.96. The van der Waals surface area contributed by atoms with Crippen LogP contribution >= 0.6 is 0 Å². The Bertz CT molecular complexity index is 1430. The van der Waals surface area contributed by atoms with Crippen molar-refractivity contribution in [3.63, 3.8) is 0 Å². The summed E-state index contributed by atoms with van der Waals surface area (Å²) in [5, 5.41) is 0. The van der Waals surface area contributed by atoms with E-state index in [0.29, 0.717) is 0 Å². The second kappa shape index (κ2) is 18.0. The molecule has 50 heavy (non-hydrogen) atoms. The van der Waals surface area contributed by atoms with Gasteiger partial charge < -0.3 is 53.1 Å². The van der Waals surface area contributed by atoms with Gasteiger partial charge in [0.1, 0.15) is 37.3 Å². The molecule has 1 amide bonds. The van der Waals surface area contributed by atoms with Gasteiger partial charge in [0.2, 0.25) is 5.91 Å². The van der Waals surface area contributed by atoms with Crippen LogP contribution in [-0.2, 0) is 95.6 Å². The van der Waals surface area contributed by atoms with Gasteiger partial charge in [-0.15, -0.1) is 0 Å². The molecule has 0 aliphatic carbocycles. The van der Waals surface area contributed by atoms with E-state index in [1.165, 1.54) is 0 Å². The highest BCUT2D eigenvalue weighted by atomic mass is 32.2. The first-order valence-corrected chi connectivity index (χ1v) is 16.4. The van der Waals surface area contributed by atoms with Gasteiger partial charge in [-0.05, 0) is 0 Å². The molecular weight excluding hydrogens is 702 g/mol. The van der Waals surface area contributed by atoms with Gasteiger partial charge >= 0.3 is 41.8 Å². The largest absolute Gasteiger partial charge is 0.463 e. The molecule has 282 valence electrons. The van der Waals surface area contributed by atoms with Crippen molar-refractivity contribution < 1.29 is 94.1 Å². The highest BCUT2D eigenvalue weighted by molar-refractivity contribution is 7.92. The highest BCUT2D eigenvalue weighted by Gasteiger charge is 2.59. The molecule has 0 radical (unpaired) electrons. The number of hydrogen-bond donors (Lipinski definition) is 1. The molecule has 0 saturated carbocycles. The van der Waals surface area contributed by atoms with Crippen LogP contribution < -0.4 is 5.73 Å². The van der Waals surface area contributed by atoms with Crippen LogP contribution in [-0.4, -0.2) is 136 Å². The molecule has 21 nitrogen and oxygen atoms in total. The normalized spacial score (nSPS) is 29.3. The zero-order chi connectivity index (χ0) is 38.1. The first kappa shape index (κ1) is 41.8. The fourth-order valence-electron chi connectivity index (χ4n) is 5.04. The molecule has 2 saturated heterocycles. The Hall–Kier alpha value is -4.41. The van der Waals surface area contributed by atoms with Gasteiger partial charge in [0.25, 0.3) is 0 Å². The molecule has 0 spiro atoms. The van der Waals surface area contributed by atoms with Gasteiger partial charge in [0, 0.05) is 48.5 Å². The van der Waals surface area contributed by atoms with Crippen LogP contribution in [0.15, 0.2) is 0 Å². The standard InChI is InChI=1S/C28H39NO20S/c1-11(30)40-8-18-21(42-13(3)32)23(43-14(4)33)25(45-16(6)35)27(47-18)49-22-19(9-41-12(2)31)48-28(50(38,39)10-20(29)37)26(46-17(7)36)24(22)44-15(5)34/h18-19,21-28H,8-10H2,1-7H3,(H2,29,37)/t18-,19-,21-,22-,23+,24+,25-,26-,27-,28+/m1/s1. The minimum Gasteiger partial charge on any atom is -0.463 e. The average Bonchev–Trinajstić information content (AvgIpc) is 2.94. The quantitative estimate of drug-likeness (QED) is 0.142. The Kier molecular flexibility index (Phi) is 15.0. The van der Waals surface area contributed by atoms with Crippen LogP contribution in [0.5, 0.6) is 0 Å². The third kappa shape index (κ3) is 12.2. The van der Waals surface area contributed by atoms with Gasteiger partial charge in [-0.25, -0.2) is 8.42 Å². The van der Waals surface area contributed by atoms with Crippen molar-refractivity contribution in [1.29, 1.82) is 0 Å². The van der Waals surface area contributed by atoms with Gasteiger partial charge in [-0.2, -0.15) is 0 Å². The number of rotatable bonds is 14. The van der Waals surface area contributed by atoms with Crippen molar-refractivity contribution in [2.45, 2.75) is 109 Å². The van der Waals surface area contributed by atoms with Gasteiger partial charge in [-0.3, -0.25) is 38.4 Å². The lowest BCUT2D eigenvalue weighted by molar-refractivity contribution is -0.341. The molecule has 2 heterocycles. The second-order valence-electron chi connectivity index (χ2n) is 10.9. The predicted molar refractivity (Wildman–Crippen MR) is 156 cm³/mol. The molecule has 22 heteroatoms. The lowest BCUT2D eigenvalue weighted by Gasteiger charge is -2.48. The maximum absolute atomic E-state index is 13.3. The lowest BCUT2D eigenvalue weighted by Crippen LogP contribution is -2.68. The molecule has 0 aromatic heterocycles. The van der Waals surface area contributed by atoms with Crippen LogP contribution in [0.1, 0.15) is 48.5 Å². The molecule has 2 fully saturated rings. The van der Waals surface area contributed by atoms with Crippen LogP contribution in [0.2, 0.25) is 0 Å². The SMILES string of the molecule is CC(=O)OC[C@H]1O[C@@H](S(=O)(=O)CC(N)=O)[C@H](OC(C)=O)[C@@H](OC(C)=O)[C@@H]1O[C@H]1O[C@H](COC(C)=O)[C@@H](OC(C)=O)[C@H](OC(C)=O)[C@H]1OC(C)=O. The number of carbonyl (C=O) groups excluding carboxylic acids is 8.